The van der Waals surface area contributed by atoms with Crippen LogP contribution in [0.4, 0.5) is 0 Å². The van der Waals surface area contributed by atoms with Crippen molar-refractivity contribution in [1.82, 2.24) is 0 Å². The lowest BCUT2D eigenvalue weighted by atomic mass is 9.61. The van der Waals surface area contributed by atoms with Gasteiger partial charge in [-0.3, -0.25) is 0 Å². The van der Waals surface area contributed by atoms with Crippen LogP contribution in [0.5, 0.6) is 0 Å². The molecule has 0 spiro atoms. The molecule has 0 N–H and O–H groups in total. The van der Waals surface area contributed by atoms with E-state index in [0.29, 0.717) is 16.9 Å². The molecule has 2 saturated carbocycles. The van der Waals surface area contributed by atoms with Crippen LogP contribution >= 0.6 is 15.9 Å². The molecule has 3 rings (SSSR count). The molecule has 0 aromatic carbocycles. The Morgan fingerprint density at radius 2 is 2.22 bits per heavy atom. The van der Waals surface area contributed by atoms with Gasteiger partial charge >= 0.3 is 5.97 Å². The van der Waals surface area contributed by atoms with Gasteiger partial charge in [-0.15, -0.1) is 0 Å². The zero-order chi connectivity index (χ0) is 16.8. The van der Waals surface area contributed by atoms with Crippen LogP contribution in [0.1, 0.15) is 59.3 Å². The molecule has 128 valence electrons. The second kappa shape index (κ2) is 6.38. The summed E-state index contributed by atoms with van der Waals surface area (Å²) in [6, 6.07) is 0. The summed E-state index contributed by atoms with van der Waals surface area (Å²) in [5.74, 6) is 2.04. The lowest BCUT2D eigenvalue weighted by Crippen LogP contribution is -2.37. The van der Waals surface area contributed by atoms with Crippen LogP contribution in [0.15, 0.2) is 22.7 Å². The van der Waals surface area contributed by atoms with Gasteiger partial charge in [-0.25, -0.2) is 4.79 Å². The van der Waals surface area contributed by atoms with Crippen LogP contribution < -0.4 is 0 Å². The molecule has 1 heterocycles. The largest absolute Gasteiger partial charge is 0.458 e. The van der Waals surface area contributed by atoms with Crippen LogP contribution in [-0.4, -0.2) is 12.1 Å². The Hall–Kier alpha value is -0.570. The molecule has 3 aliphatic rings. The molecule has 2 aliphatic carbocycles. The molecule has 0 radical (unpaired) electrons. The minimum atomic E-state index is -0.188. The highest BCUT2D eigenvalue weighted by Gasteiger charge is 2.51. The van der Waals surface area contributed by atoms with Crippen LogP contribution in [0.25, 0.3) is 0 Å². The summed E-state index contributed by atoms with van der Waals surface area (Å²) in [5, 5.41) is 0. The summed E-state index contributed by atoms with van der Waals surface area (Å²) in [5.41, 5.74) is 2.68. The Morgan fingerprint density at radius 3 is 2.83 bits per heavy atom. The van der Waals surface area contributed by atoms with Crippen molar-refractivity contribution in [2.75, 3.05) is 0 Å². The number of carbonyl (C=O) groups is 1. The molecular formula is C20H29BrO2. The van der Waals surface area contributed by atoms with E-state index in [1.54, 1.807) is 5.57 Å². The minimum absolute atomic E-state index is 0.0300. The summed E-state index contributed by atoms with van der Waals surface area (Å²) < 4.78 is 5.57. The molecule has 0 bridgehead atoms. The van der Waals surface area contributed by atoms with E-state index < -0.39 is 0 Å². The minimum Gasteiger partial charge on any atom is -0.458 e. The first-order valence-corrected chi connectivity index (χ1v) is 9.99. The zero-order valence-corrected chi connectivity index (χ0v) is 16.2. The maximum atomic E-state index is 11.7. The number of rotatable bonds is 3. The highest BCUT2D eigenvalue weighted by molar-refractivity contribution is 9.11. The van der Waals surface area contributed by atoms with Crippen molar-refractivity contribution in [1.29, 1.82) is 0 Å². The fourth-order valence-electron chi connectivity index (χ4n) is 5.65. The highest BCUT2D eigenvalue weighted by atomic mass is 79.9. The van der Waals surface area contributed by atoms with Gasteiger partial charge in [-0.05, 0) is 66.7 Å². The Balaban J connectivity index is 1.72. The number of esters is 1. The van der Waals surface area contributed by atoms with Gasteiger partial charge in [0.2, 0.25) is 0 Å². The Morgan fingerprint density at radius 1 is 1.48 bits per heavy atom. The lowest BCUT2D eigenvalue weighted by molar-refractivity contribution is -0.140. The van der Waals surface area contributed by atoms with E-state index in [1.807, 2.05) is 0 Å². The molecule has 23 heavy (non-hydrogen) atoms. The number of hydrogen-bond donors (Lipinski definition) is 0. The van der Waals surface area contributed by atoms with Crippen molar-refractivity contribution in [2.45, 2.75) is 65.4 Å². The van der Waals surface area contributed by atoms with Gasteiger partial charge in [0, 0.05) is 11.5 Å². The maximum Gasteiger partial charge on any atom is 0.334 e. The smallest absolute Gasteiger partial charge is 0.334 e. The van der Waals surface area contributed by atoms with E-state index in [9.17, 15) is 4.79 Å². The number of fused-ring (bicyclic) bond motifs is 1. The standard InChI is InChI=1S/C20H29BrO2/c1-12(10-18-13(2)14(3)19(22)23-18)16-7-8-17-15(11-21)6-5-9-20(16,17)4/h11-13,16-18H,3,5-10H2,1-2,4H3/b15-11+/t12-,13+,16-,17+,18+,20-/m1/s1. The van der Waals surface area contributed by atoms with Gasteiger partial charge < -0.3 is 4.74 Å². The molecule has 6 atom stereocenters. The fraction of sp³-hybridized carbons (Fsp3) is 0.750. The first-order chi connectivity index (χ1) is 10.9. The van der Waals surface area contributed by atoms with E-state index in [2.05, 4.69) is 48.3 Å². The second-order valence-corrected chi connectivity index (χ2v) is 8.71. The number of carbonyl (C=O) groups excluding carboxylic acids is 1. The average Bonchev–Trinajstić information content (AvgIpc) is 2.99. The van der Waals surface area contributed by atoms with Crippen LogP contribution in [-0.2, 0) is 9.53 Å². The quantitative estimate of drug-likeness (QED) is 0.468. The van der Waals surface area contributed by atoms with Crippen LogP contribution in [0, 0.1) is 29.1 Å². The van der Waals surface area contributed by atoms with Gasteiger partial charge in [0.25, 0.3) is 0 Å². The van der Waals surface area contributed by atoms with E-state index in [1.165, 1.54) is 32.1 Å². The van der Waals surface area contributed by atoms with Crippen molar-refractivity contribution in [3.63, 3.8) is 0 Å². The Bertz CT molecular complexity index is 538. The van der Waals surface area contributed by atoms with Gasteiger partial charge in [0.15, 0.2) is 0 Å². The topological polar surface area (TPSA) is 26.3 Å². The van der Waals surface area contributed by atoms with Gasteiger partial charge in [0.1, 0.15) is 6.10 Å². The second-order valence-electron chi connectivity index (χ2n) is 8.25. The third-order valence-corrected chi connectivity index (χ3v) is 7.69. The molecule has 1 saturated heterocycles. The predicted octanol–water partition coefficient (Wildman–Crippen LogP) is 5.63. The maximum absolute atomic E-state index is 11.7. The number of cyclic esters (lactones) is 1. The summed E-state index contributed by atoms with van der Waals surface area (Å²) in [7, 11) is 0. The highest BCUT2D eigenvalue weighted by Crippen LogP contribution is 2.60. The van der Waals surface area contributed by atoms with Crippen LogP contribution in [0.3, 0.4) is 0 Å². The van der Waals surface area contributed by atoms with Crippen LogP contribution in [0.2, 0.25) is 0 Å². The van der Waals surface area contributed by atoms with Gasteiger partial charge in [0.05, 0.1) is 0 Å². The van der Waals surface area contributed by atoms with E-state index in [-0.39, 0.29) is 18.0 Å². The van der Waals surface area contributed by atoms with E-state index >= 15 is 0 Å². The third kappa shape index (κ3) is 2.83. The summed E-state index contributed by atoms with van der Waals surface area (Å²) in [6.07, 6.45) is 7.53. The number of halogens is 1. The summed E-state index contributed by atoms with van der Waals surface area (Å²) >= 11 is 3.59. The van der Waals surface area contributed by atoms with Crippen molar-refractivity contribution >= 4 is 21.9 Å². The van der Waals surface area contributed by atoms with Crippen molar-refractivity contribution in [2.24, 2.45) is 29.1 Å². The van der Waals surface area contributed by atoms with E-state index in [4.69, 9.17) is 4.74 Å². The fourth-order valence-corrected chi connectivity index (χ4v) is 6.20. The third-order valence-electron chi connectivity index (χ3n) is 7.10. The summed E-state index contributed by atoms with van der Waals surface area (Å²) in [4.78, 5) is 13.9. The van der Waals surface area contributed by atoms with Crippen molar-refractivity contribution < 1.29 is 9.53 Å². The molecule has 0 unspecified atom stereocenters. The van der Waals surface area contributed by atoms with E-state index in [0.717, 1.165) is 18.3 Å². The summed E-state index contributed by atoms with van der Waals surface area (Å²) in [6.45, 7) is 10.8. The normalized spacial score (nSPS) is 43.6. The zero-order valence-electron chi connectivity index (χ0n) is 14.6. The number of allylic oxidation sites excluding steroid dienone is 1. The van der Waals surface area contributed by atoms with Crippen molar-refractivity contribution in [3.8, 4) is 0 Å². The molecule has 0 amide bonds. The molecular weight excluding hydrogens is 352 g/mol. The molecule has 0 aromatic rings. The molecule has 2 nitrogen and oxygen atoms in total. The first-order valence-electron chi connectivity index (χ1n) is 9.07. The predicted molar refractivity (Wildman–Crippen MR) is 97.1 cm³/mol. The number of hydrogen-bond acceptors (Lipinski definition) is 2. The first kappa shape index (κ1) is 17.3. The average molecular weight is 381 g/mol. The molecule has 1 aliphatic heterocycles. The Labute approximate surface area is 148 Å². The monoisotopic (exact) mass is 380 g/mol. The molecule has 3 fully saturated rings. The van der Waals surface area contributed by atoms with Gasteiger partial charge in [-0.2, -0.15) is 0 Å². The SMILES string of the molecule is C=C1C(=O)O[C@@H](C[C@@H](C)[C@H]2CC[C@H]3/C(=C/Br)CCC[C@]23C)[C@H]1C. The van der Waals surface area contributed by atoms with Gasteiger partial charge in [-0.1, -0.05) is 48.9 Å². The molecule has 0 aromatic heterocycles. The Kier molecular flexibility index (Phi) is 4.79. The number of ether oxygens (including phenoxy) is 1. The lowest BCUT2D eigenvalue weighted by Gasteiger charge is -2.44. The van der Waals surface area contributed by atoms with Crippen molar-refractivity contribution in [3.05, 3.63) is 22.7 Å². The molecule has 3 heteroatoms.